The highest BCUT2D eigenvalue weighted by atomic mass is 32.2. The van der Waals surface area contributed by atoms with E-state index in [0.717, 1.165) is 25.0 Å². The average Bonchev–Trinajstić information content (AvgIpc) is 2.66. The molecule has 0 spiro atoms. The first-order chi connectivity index (χ1) is 13.1. The SMILES string of the molecule is CCCCCCCCCCCCOc1ccc(S(=O)(=O)NCCCC)cc1. The molecule has 0 aliphatic carbocycles. The van der Waals surface area contributed by atoms with E-state index in [1.807, 2.05) is 6.92 Å². The fourth-order valence-corrected chi connectivity index (χ4v) is 4.04. The Labute approximate surface area is 167 Å². The molecule has 1 rings (SSSR count). The maximum atomic E-state index is 12.1. The van der Waals surface area contributed by atoms with Gasteiger partial charge >= 0.3 is 0 Å². The summed E-state index contributed by atoms with van der Waals surface area (Å²) in [5.74, 6) is 0.735. The molecule has 1 aromatic rings. The highest BCUT2D eigenvalue weighted by Crippen LogP contribution is 2.17. The van der Waals surface area contributed by atoms with Crippen molar-refractivity contribution in [2.24, 2.45) is 0 Å². The van der Waals surface area contributed by atoms with Gasteiger partial charge in [-0.3, -0.25) is 0 Å². The Morgan fingerprint density at radius 2 is 1.26 bits per heavy atom. The van der Waals surface area contributed by atoms with Crippen LogP contribution >= 0.6 is 0 Å². The summed E-state index contributed by atoms with van der Waals surface area (Å²) >= 11 is 0. The normalized spacial score (nSPS) is 11.6. The van der Waals surface area contributed by atoms with E-state index in [0.29, 0.717) is 18.0 Å². The van der Waals surface area contributed by atoms with E-state index in [1.54, 1.807) is 24.3 Å². The molecule has 0 unspecified atom stereocenters. The molecule has 0 aliphatic rings. The molecule has 5 heteroatoms. The zero-order valence-corrected chi connectivity index (χ0v) is 18.2. The summed E-state index contributed by atoms with van der Waals surface area (Å²) in [6.07, 6.45) is 14.8. The molecule has 0 bridgehead atoms. The highest BCUT2D eigenvalue weighted by Gasteiger charge is 2.12. The minimum atomic E-state index is -3.40. The molecule has 1 aromatic carbocycles. The summed E-state index contributed by atoms with van der Waals surface area (Å²) < 4.78 is 32.6. The summed E-state index contributed by atoms with van der Waals surface area (Å²) in [4.78, 5) is 0.296. The third-order valence-corrected chi connectivity index (χ3v) is 6.20. The summed E-state index contributed by atoms with van der Waals surface area (Å²) in [5, 5.41) is 0. The van der Waals surface area contributed by atoms with Crippen LogP contribution in [0, 0.1) is 0 Å². The van der Waals surface area contributed by atoms with Gasteiger partial charge in [-0.1, -0.05) is 78.1 Å². The van der Waals surface area contributed by atoms with Crippen molar-refractivity contribution in [3.8, 4) is 5.75 Å². The molecule has 4 nitrogen and oxygen atoms in total. The molecule has 0 atom stereocenters. The van der Waals surface area contributed by atoms with Crippen LogP contribution in [0.1, 0.15) is 90.9 Å². The van der Waals surface area contributed by atoms with Crippen molar-refractivity contribution in [2.45, 2.75) is 95.8 Å². The Kier molecular flexibility index (Phi) is 13.2. The fourth-order valence-electron chi connectivity index (χ4n) is 2.96. The maximum absolute atomic E-state index is 12.1. The molecule has 0 saturated carbocycles. The summed E-state index contributed by atoms with van der Waals surface area (Å²) in [7, 11) is -3.40. The lowest BCUT2D eigenvalue weighted by Crippen LogP contribution is -2.24. The molecular weight excluding hydrogens is 358 g/mol. The lowest BCUT2D eigenvalue weighted by Gasteiger charge is -2.09. The number of unbranched alkanes of at least 4 members (excludes halogenated alkanes) is 10. The summed E-state index contributed by atoms with van der Waals surface area (Å²) in [6, 6.07) is 6.71. The monoisotopic (exact) mass is 397 g/mol. The first kappa shape index (κ1) is 24.0. The van der Waals surface area contributed by atoms with Crippen LogP contribution in [0.15, 0.2) is 29.2 Å². The van der Waals surface area contributed by atoms with E-state index >= 15 is 0 Å². The minimum absolute atomic E-state index is 0.296. The second-order valence-corrected chi connectivity index (χ2v) is 9.02. The number of hydrogen-bond acceptors (Lipinski definition) is 3. The Morgan fingerprint density at radius 1 is 0.741 bits per heavy atom. The van der Waals surface area contributed by atoms with E-state index in [1.165, 1.54) is 57.8 Å². The van der Waals surface area contributed by atoms with Crippen molar-refractivity contribution in [1.82, 2.24) is 4.72 Å². The van der Waals surface area contributed by atoms with Gasteiger partial charge in [0.25, 0.3) is 0 Å². The van der Waals surface area contributed by atoms with Gasteiger partial charge in [0, 0.05) is 6.54 Å². The zero-order chi connectivity index (χ0) is 19.8. The van der Waals surface area contributed by atoms with Gasteiger partial charge in [0.05, 0.1) is 11.5 Å². The number of sulfonamides is 1. The molecule has 0 radical (unpaired) electrons. The molecule has 0 aromatic heterocycles. The fraction of sp³-hybridized carbons (Fsp3) is 0.727. The number of hydrogen-bond donors (Lipinski definition) is 1. The van der Waals surface area contributed by atoms with E-state index in [4.69, 9.17) is 4.74 Å². The van der Waals surface area contributed by atoms with Crippen molar-refractivity contribution in [2.75, 3.05) is 13.2 Å². The molecule has 0 saturated heterocycles. The Bertz CT molecular complexity index is 570. The first-order valence-corrected chi connectivity index (χ1v) is 12.3. The van der Waals surface area contributed by atoms with Gasteiger partial charge in [0.1, 0.15) is 5.75 Å². The van der Waals surface area contributed by atoms with Crippen molar-refractivity contribution >= 4 is 10.0 Å². The molecule has 27 heavy (non-hydrogen) atoms. The van der Waals surface area contributed by atoms with Crippen molar-refractivity contribution in [1.29, 1.82) is 0 Å². The Hall–Kier alpha value is -1.07. The Morgan fingerprint density at radius 3 is 1.81 bits per heavy atom. The predicted octanol–water partition coefficient (Wildman–Crippen LogP) is 6.06. The van der Waals surface area contributed by atoms with Gasteiger partial charge in [0.15, 0.2) is 0 Å². The van der Waals surface area contributed by atoms with E-state index in [2.05, 4.69) is 11.6 Å². The smallest absolute Gasteiger partial charge is 0.240 e. The first-order valence-electron chi connectivity index (χ1n) is 10.8. The molecule has 0 fully saturated rings. The summed E-state index contributed by atoms with van der Waals surface area (Å²) in [6.45, 7) is 5.46. The predicted molar refractivity (Wildman–Crippen MR) is 114 cm³/mol. The number of rotatable bonds is 17. The van der Waals surface area contributed by atoms with E-state index in [9.17, 15) is 8.42 Å². The van der Waals surface area contributed by atoms with Gasteiger partial charge < -0.3 is 4.74 Å². The molecule has 0 aliphatic heterocycles. The number of benzene rings is 1. The lowest BCUT2D eigenvalue weighted by atomic mass is 10.1. The topological polar surface area (TPSA) is 55.4 Å². The van der Waals surface area contributed by atoms with Crippen molar-refractivity contribution in [3.05, 3.63) is 24.3 Å². The third kappa shape index (κ3) is 11.4. The average molecular weight is 398 g/mol. The lowest BCUT2D eigenvalue weighted by molar-refractivity contribution is 0.304. The van der Waals surface area contributed by atoms with Crippen LogP contribution in [-0.4, -0.2) is 21.6 Å². The number of ether oxygens (including phenoxy) is 1. The van der Waals surface area contributed by atoms with Crippen molar-refractivity contribution in [3.63, 3.8) is 0 Å². The van der Waals surface area contributed by atoms with Crippen LogP contribution in [-0.2, 0) is 10.0 Å². The molecule has 156 valence electrons. The third-order valence-electron chi connectivity index (χ3n) is 4.72. The largest absolute Gasteiger partial charge is 0.494 e. The van der Waals surface area contributed by atoms with Gasteiger partial charge in [-0.15, -0.1) is 0 Å². The molecule has 0 amide bonds. The van der Waals surface area contributed by atoms with E-state index in [-0.39, 0.29) is 0 Å². The standard InChI is InChI=1S/C22H39NO3S/c1-3-5-7-8-9-10-11-12-13-14-20-26-21-15-17-22(18-16-21)27(24,25)23-19-6-4-2/h15-18,23H,3-14,19-20H2,1-2H3. The second-order valence-electron chi connectivity index (χ2n) is 7.25. The second kappa shape index (κ2) is 14.9. The van der Waals surface area contributed by atoms with Crippen LogP contribution in [0.5, 0.6) is 5.75 Å². The van der Waals surface area contributed by atoms with Crippen LogP contribution < -0.4 is 9.46 Å². The Balaban J connectivity index is 2.12. The quantitative estimate of drug-likeness (QED) is 0.325. The van der Waals surface area contributed by atoms with Gasteiger partial charge in [0.2, 0.25) is 10.0 Å². The van der Waals surface area contributed by atoms with Crippen LogP contribution in [0.25, 0.3) is 0 Å². The molecule has 1 N–H and O–H groups in total. The van der Waals surface area contributed by atoms with Crippen molar-refractivity contribution < 1.29 is 13.2 Å². The molecular formula is C22H39NO3S. The van der Waals surface area contributed by atoms with Crippen LogP contribution in [0.4, 0.5) is 0 Å². The van der Waals surface area contributed by atoms with Crippen LogP contribution in [0.3, 0.4) is 0 Å². The zero-order valence-electron chi connectivity index (χ0n) is 17.3. The van der Waals surface area contributed by atoms with Crippen LogP contribution in [0.2, 0.25) is 0 Å². The minimum Gasteiger partial charge on any atom is -0.494 e. The van der Waals surface area contributed by atoms with Gasteiger partial charge in [-0.25, -0.2) is 13.1 Å². The number of nitrogens with one attached hydrogen (secondary N) is 1. The van der Waals surface area contributed by atoms with E-state index < -0.39 is 10.0 Å². The maximum Gasteiger partial charge on any atom is 0.240 e. The van der Waals surface area contributed by atoms with Gasteiger partial charge in [-0.2, -0.15) is 0 Å². The highest BCUT2D eigenvalue weighted by molar-refractivity contribution is 7.89. The summed E-state index contributed by atoms with van der Waals surface area (Å²) in [5.41, 5.74) is 0. The molecule has 0 heterocycles. The van der Waals surface area contributed by atoms with Gasteiger partial charge in [-0.05, 0) is 37.1 Å².